The Morgan fingerprint density at radius 1 is 0.704 bits per heavy atom. The van der Waals surface area contributed by atoms with Crippen LogP contribution < -0.4 is 9.47 Å². The van der Waals surface area contributed by atoms with Gasteiger partial charge < -0.3 is 33.2 Å². The first-order valence-corrected chi connectivity index (χ1v) is 20.1. The molecule has 0 N–H and O–H groups in total. The number of hydrogen-bond acceptors (Lipinski definition) is 11. The molecule has 11 heteroatoms. The summed E-state index contributed by atoms with van der Waals surface area (Å²) in [6.45, 7) is 22.0. The van der Waals surface area contributed by atoms with Crippen molar-refractivity contribution in [2.75, 3.05) is 6.61 Å². The van der Waals surface area contributed by atoms with Gasteiger partial charge in [-0.25, -0.2) is 0 Å². The van der Waals surface area contributed by atoms with Crippen molar-refractivity contribution in [2.45, 2.75) is 190 Å². The Hall–Kier alpha value is -3.34. The third-order valence-corrected chi connectivity index (χ3v) is 11.0. The van der Waals surface area contributed by atoms with Gasteiger partial charge in [-0.15, -0.1) is 0 Å². The summed E-state index contributed by atoms with van der Waals surface area (Å²) in [5.74, 6) is 0.997. The van der Waals surface area contributed by atoms with Crippen LogP contribution in [0.5, 0.6) is 11.5 Å². The molecule has 306 valence electrons. The molecule has 1 aromatic rings. The molecule has 11 nitrogen and oxygen atoms in total. The van der Waals surface area contributed by atoms with Gasteiger partial charge in [-0.3, -0.25) is 19.2 Å². The maximum Gasteiger partial charge on any atom is 0.303 e. The fraction of sp³-hybridized carbons (Fsp3) is 0.767. The number of hydrogen-bond donors (Lipinski definition) is 0. The van der Waals surface area contributed by atoms with Gasteiger partial charge in [0.15, 0.2) is 12.2 Å². The topological polar surface area (TPSA) is 133 Å². The first-order valence-electron chi connectivity index (χ1n) is 20.1. The SMILES string of the molecule is CC(=O)OC[C@H]1O[C@H](Oc2c(C)c(C)c3c(c2C)CC[C@](C)(CCC[C@@H](C)CCC[C@@H](C)CCCC(C)C)O3)[C@@H](OC(C)=O)[C@@H](OC(C)=O)[C@@H]1OC(C)=O. The third kappa shape index (κ3) is 13.2. The monoisotopic (exact) mass is 760 g/mol. The Morgan fingerprint density at radius 2 is 1.24 bits per heavy atom. The summed E-state index contributed by atoms with van der Waals surface area (Å²) in [7, 11) is 0. The minimum absolute atomic E-state index is 0.288. The highest BCUT2D eigenvalue weighted by molar-refractivity contribution is 5.69. The molecule has 1 aromatic carbocycles. The fourth-order valence-electron chi connectivity index (χ4n) is 7.84. The van der Waals surface area contributed by atoms with Crippen molar-refractivity contribution < 1.29 is 52.3 Å². The molecule has 54 heavy (non-hydrogen) atoms. The van der Waals surface area contributed by atoms with Gasteiger partial charge in [0.2, 0.25) is 12.4 Å². The van der Waals surface area contributed by atoms with Crippen molar-refractivity contribution in [3.8, 4) is 11.5 Å². The zero-order valence-corrected chi connectivity index (χ0v) is 35.1. The van der Waals surface area contributed by atoms with E-state index in [9.17, 15) is 19.2 Å². The zero-order valence-electron chi connectivity index (χ0n) is 35.1. The predicted molar refractivity (Wildman–Crippen MR) is 205 cm³/mol. The van der Waals surface area contributed by atoms with Crippen LogP contribution in [0, 0.1) is 38.5 Å². The normalized spacial score (nSPS) is 24.8. The highest BCUT2D eigenvalue weighted by atomic mass is 16.7. The Morgan fingerprint density at radius 3 is 1.80 bits per heavy atom. The molecule has 8 atom stereocenters. The van der Waals surface area contributed by atoms with Crippen LogP contribution in [0.15, 0.2) is 0 Å². The average Bonchev–Trinajstić information content (AvgIpc) is 3.06. The second-order valence-corrected chi connectivity index (χ2v) is 16.6. The summed E-state index contributed by atoms with van der Waals surface area (Å²) in [5, 5.41) is 0. The van der Waals surface area contributed by atoms with Crippen molar-refractivity contribution in [3.63, 3.8) is 0 Å². The molecule has 2 heterocycles. The number of esters is 4. The van der Waals surface area contributed by atoms with Gasteiger partial charge >= 0.3 is 23.9 Å². The third-order valence-electron chi connectivity index (χ3n) is 11.0. The number of benzene rings is 1. The number of carbonyl (C=O) groups excluding carboxylic acids is 4. The lowest BCUT2D eigenvalue weighted by Gasteiger charge is -2.44. The van der Waals surface area contributed by atoms with E-state index < -0.39 is 54.6 Å². The first-order chi connectivity index (χ1) is 25.3. The molecular formula is C43H68O11. The number of fused-ring (bicyclic) bond motifs is 1. The molecule has 0 aliphatic carbocycles. The van der Waals surface area contributed by atoms with E-state index in [0.29, 0.717) is 11.7 Å². The molecule has 3 rings (SSSR count). The first kappa shape index (κ1) is 45.1. The molecule has 0 bridgehead atoms. The molecule has 0 saturated carbocycles. The second kappa shape index (κ2) is 20.5. The summed E-state index contributed by atoms with van der Waals surface area (Å²) >= 11 is 0. The Balaban J connectivity index is 1.77. The van der Waals surface area contributed by atoms with E-state index >= 15 is 0 Å². The van der Waals surface area contributed by atoms with E-state index in [1.807, 2.05) is 20.8 Å². The minimum atomic E-state index is -1.32. The summed E-state index contributed by atoms with van der Waals surface area (Å²) < 4.78 is 41.7. The van der Waals surface area contributed by atoms with E-state index in [4.69, 9.17) is 33.2 Å². The molecule has 2 aliphatic rings. The van der Waals surface area contributed by atoms with Crippen LogP contribution in [0.2, 0.25) is 0 Å². The molecule has 0 unspecified atom stereocenters. The maximum atomic E-state index is 12.4. The number of carbonyl (C=O) groups is 4. The van der Waals surface area contributed by atoms with Crippen molar-refractivity contribution in [3.05, 3.63) is 22.3 Å². The summed E-state index contributed by atoms with van der Waals surface area (Å²) in [6.07, 6.45) is 6.49. The van der Waals surface area contributed by atoms with Crippen LogP contribution in [-0.4, -0.2) is 66.8 Å². The Labute approximate surface area is 323 Å². The molecule has 0 amide bonds. The van der Waals surface area contributed by atoms with Crippen LogP contribution >= 0.6 is 0 Å². The van der Waals surface area contributed by atoms with Gasteiger partial charge in [-0.05, 0) is 87.8 Å². The van der Waals surface area contributed by atoms with Gasteiger partial charge in [-0.2, -0.15) is 0 Å². The Kier molecular flexibility index (Phi) is 17.1. The number of ether oxygens (including phenoxy) is 7. The van der Waals surface area contributed by atoms with E-state index in [-0.39, 0.29) is 12.2 Å². The van der Waals surface area contributed by atoms with Gasteiger partial charge in [0, 0.05) is 33.3 Å². The van der Waals surface area contributed by atoms with Gasteiger partial charge in [0.1, 0.15) is 29.8 Å². The van der Waals surface area contributed by atoms with Crippen LogP contribution in [0.4, 0.5) is 0 Å². The van der Waals surface area contributed by atoms with Crippen LogP contribution in [0.1, 0.15) is 149 Å². The maximum absolute atomic E-state index is 12.4. The standard InChI is InChI=1S/C43H68O11/c1-25(2)16-13-17-26(3)18-14-19-27(4)20-15-22-43(12)23-21-35-30(7)37(28(5)29(6)38(35)54-43)53-42-41(51-34(11)47)40(50-33(10)46)39(49-32(9)45)36(52-42)24-48-31(8)44/h25-27,36,39-42H,13-24H2,1-12H3/t26-,27-,36+,39+,40-,41-,42+,43-/m0/s1. The summed E-state index contributed by atoms with van der Waals surface area (Å²) in [5.41, 5.74) is 3.35. The van der Waals surface area contributed by atoms with Gasteiger partial charge in [0.05, 0.1) is 0 Å². The quantitative estimate of drug-likeness (QED) is 0.0992. The van der Waals surface area contributed by atoms with Crippen LogP contribution in [0.3, 0.4) is 0 Å². The number of rotatable bonds is 19. The largest absolute Gasteiger partial charge is 0.487 e. The summed E-state index contributed by atoms with van der Waals surface area (Å²) in [6, 6.07) is 0. The predicted octanol–water partition coefficient (Wildman–Crippen LogP) is 8.60. The molecular weight excluding hydrogens is 692 g/mol. The van der Waals surface area contributed by atoms with Crippen molar-refractivity contribution in [2.24, 2.45) is 17.8 Å². The lowest BCUT2D eigenvalue weighted by Crippen LogP contribution is -2.63. The fourth-order valence-corrected chi connectivity index (χ4v) is 7.84. The van der Waals surface area contributed by atoms with Crippen molar-refractivity contribution in [1.29, 1.82) is 0 Å². The summed E-state index contributed by atoms with van der Waals surface area (Å²) in [4.78, 5) is 48.6. The minimum Gasteiger partial charge on any atom is -0.487 e. The lowest BCUT2D eigenvalue weighted by molar-refractivity contribution is -0.288. The average molecular weight is 761 g/mol. The second-order valence-electron chi connectivity index (χ2n) is 16.6. The lowest BCUT2D eigenvalue weighted by atomic mass is 9.83. The molecule has 1 saturated heterocycles. The van der Waals surface area contributed by atoms with Crippen molar-refractivity contribution in [1.82, 2.24) is 0 Å². The molecule has 0 spiro atoms. The highest BCUT2D eigenvalue weighted by Crippen LogP contribution is 2.46. The van der Waals surface area contributed by atoms with Crippen LogP contribution in [0.25, 0.3) is 0 Å². The zero-order chi connectivity index (χ0) is 40.3. The van der Waals surface area contributed by atoms with E-state index in [1.165, 1.54) is 72.6 Å². The molecule has 0 aromatic heterocycles. The smallest absolute Gasteiger partial charge is 0.303 e. The molecule has 2 aliphatic heterocycles. The van der Waals surface area contributed by atoms with Gasteiger partial charge in [0.25, 0.3) is 0 Å². The van der Waals surface area contributed by atoms with E-state index in [2.05, 4.69) is 34.6 Å². The Bertz CT molecular complexity index is 1440. The molecule has 0 radical (unpaired) electrons. The molecule has 1 fully saturated rings. The highest BCUT2D eigenvalue weighted by Gasteiger charge is 2.53. The van der Waals surface area contributed by atoms with E-state index in [0.717, 1.165) is 65.5 Å². The van der Waals surface area contributed by atoms with Gasteiger partial charge in [-0.1, -0.05) is 72.6 Å². The van der Waals surface area contributed by atoms with Crippen LogP contribution in [-0.2, 0) is 49.3 Å². The van der Waals surface area contributed by atoms with E-state index in [1.54, 1.807) is 0 Å². The van der Waals surface area contributed by atoms with Crippen molar-refractivity contribution >= 4 is 23.9 Å².